The second-order valence-electron chi connectivity index (χ2n) is 8.59. The fraction of sp³-hybridized carbons (Fsp3) is 0.545. The molecule has 174 valence electrons. The first-order chi connectivity index (χ1) is 15.3. The van der Waals surface area contributed by atoms with Gasteiger partial charge in [0, 0.05) is 30.6 Å². The smallest absolute Gasteiger partial charge is 0.356 e. The predicted octanol–water partition coefficient (Wildman–Crippen LogP) is 1.36. The van der Waals surface area contributed by atoms with Crippen LogP contribution < -0.4 is 10.6 Å². The van der Waals surface area contributed by atoms with Gasteiger partial charge in [0.2, 0.25) is 0 Å². The summed E-state index contributed by atoms with van der Waals surface area (Å²) in [6.45, 7) is 5.45. The lowest BCUT2D eigenvalue weighted by atomic mass is 10.0. The second-order valence-corrected chi connectivity index (χ2v) is 8.59. The van der Waals surface area contributed by atoms with E-state index in [4.69, 9.17) is 9.26 Å². The number of aromatic nitrogens is 2. The number of rotatable bonds is 9. The molecule has 2 aromatic rings. The molecule has 1 amide bonds. The summed E-state index contributed by atoms with van der Waals surface area (Å²) in [6, 6.07) is 0.370. The largest absolute Gasteiger partial charge is 0.464 e. The third kappa shape index (κ3) is 5.43. The van der Waals surface area contributed by atoms with E-state index in [1.165, 1.54) is 13.4 Å². The summed E-state index contributed by atoms with van der Waals surface area (Å²) in [7, 11) is 3.22. The lowest BCUT2D eigenvalue weighted by molar-refractivity contribution is -0.917. The van der Waals surface area contributed by atoms with Gasteiger partial charge < -0.3 is 29.4 Å². The highest BCUT2D eigenvalue weighted by Crippen LogP contribution is 2.23. The number of hydrogen-bond donors (Lipinski definition) is 3. The number of ether oxygens (including phenoxy) is 1. The Morgan fingerprint density at radius 1 is 1.22 bits per heavy atom. The number of methoxy groups -OCH3 is 1. The van der Waals surface area contributed by atoms with E-state index in [-0.39, 0.29) is 36.9 Å². The van der Waals surface area contributed by atoms with Gasteiger partial charge in [-0.3, -0.25) is 9.59 Å². The van der Waals surface area contributed by atoms with Gasteiger partial charge in [0.1, 0.15) is 18.5 Å². The Labute approximate surface area is 187 Å². The summed E-state index contributed by atoms with van der Waals surface area (Å²) in [4.78, 5) is 40.8. The third-order valence-electron chi connectivity index (χ3n) is 6.25. The first kappa shape index (κ1) is 23.7. The number of Topliss-reactive ketones (excluding diaryl/α,β-unsaturated/α-hetero) is 1. The molecule has 3 rings (SSSR count). The maximum absolute atomic E-state index is 13.1. The van der Waals surface area contributed by atoms with Gasteiger partial charge in [-0.2, -0.15) is 0 Å². The quantitative estimate of drug-likeness (QED) is 0.392. The van der Waals surface area contributed by atoms with Crippen LogP contribution in [0, 0.1) is 13.8 Å². The zero-order chi connectivity index (χ0) is 23.3. The number of H-pyrrole nitrogens is 1. The zero-order valence-electron chi connectivity index (χ0n) is 19.1. The van der Waals surface area contributed by atoms with Gasteiger partial charge in [0.05, 0.1) is 38.0 Å². The molecule has 0 unspecified atom stereocenters. The van der Waals surface area contributed by atoms with Crippen molar-refractivity contribution in [1.82, 2.24) is 15.5 Å². The lowest BCUT2D eigenvalue weighted by Gasteiger charge is -2.42. The van der Waals surface area contributed by atoms with Crippen molar-refractivity contribution in [2.75, 3.05) is 45.7 Å². The molecule has 1 aliphatic heterocycles. The molecule has 1 aliphatic rings. The normalized spacial score (nSPS) is 20.7. The monoisotopic (exact) mass is 446 g/mol. The lowest BCUT2D eigenvalue weighted by Crippen LogP contribution is -2.60. The molecule has 0 bridgehead atoms. The first-order valence-corrected chi connectivity index (χ1v) is 10.8. The summed E-state index contributed by atoms with van der Waals surface area (Å²) >= 11 is 0. The summed E-state index contributed by atoms with van der Waals surface area (Å²) in [5, 5.41) is 10.1. The minimum absolute atomic E-state index is 0.0192. The Morgan fingerprint density at radius 2 is 1.94 bits per heavy atom. The number of nitrogens with zero attached hydrogens (tertiary/aromatic N) is 2. The highest BCUT2D eigenvalue weighted by Gasteiger charge is 2.38. The van der Waals surface area contributed by atoms with Crippen LogP contribution in [0.4, 0.5) is 5.69 Å². The van der Waals surface area contributed by atoms with Gasteiger partial charge in [-0.15, -0.1) is 0 Å². The van der Waals surface area contributed by atoms with E-state index in [0.717, 1.165) is 24.0 Å². The van der Waals surface area contributed by atoms with Crippen molar-refractivity contribution in [2.24, 2.45) is 0 Å². The molecule has 0 aliphatic carbocycles. The molecule has 10 heteroatoms. The third-order valence-corrected chi connectivity index (χ3v) is 6.25. The number of likely N-dealkylation sites (tertiary alicyclic amines) is 1. The van der Waals surface area contributed by atoms with E-state index in [9.17, 15) is 14.4 Å². The maximum atomic E-state index is 13.1. The minimum atomic E-state index is -0.551. The van der Waals surface area contributed by atoms with Crippen LogP contribution in [0.1, 0.15) is 40.2 Å². The number of quaternary nitrogens is 1. The van der Waals surface area contributed by atoms with Crippen LogP contribution >= 0.6 is 0 Å². The first-order valence-electron chi connectivity index (χ1n) is 10.8. The van der Waals surface area contributed by atoms with Crippen LogP contribution in [0.3, 0.4) is 0 Å². The molecule has 0 saturated carbocycles. The average Bonchev–Trinajstić information content (AvgIpc) is 3.33. The van der Waals surface area contributed by atoms with E-state index in [0.29, 0.717) is 35.0 Å². The van der Waals surface area contributed by atoms with E-state index in [1.807, 2.05) is 14.0 Å². The number of amides is 1. The Bertz CT molecular complexity index is 971. The standard InChI is InChI=1S/C22H31N5O5/c1-14-10-24-21(22(30)31-4)20(14)25-19(29)12-27(7-5-16(23-3)6-8-27)11-17(28)9-18-15(2)13-32-26-18/h10,13,16,23H,5-9,11-12H2,1-4H3,(H-,24,25,29,30)/p+1. The Hall–Kier alpha value is -2.98. The van der Waals surface area contributed by atoms with Crippen LogP contribution in [0.25, 0.3) is 0 Å². The predicted molar refractivity (Wildman–Crippen MR) is 117 cm³/mol. The topological polar surface area (TPSA) is 126 Å². The van der Waals surface area contributed by atoms with Crippen LogP contribution in [-0.2, 0) is 20.7 Å². The van der Waals surface area contributed by atoms with Gasteiger partial charge in [0.25, 0.3) is 5.91 Å². The van der Waals surface area contributed by atoms with E-state index < -0.39 is 5.97 Å². The van der Waals surface area contributed by atoms with Gasteiger partial charge >= 0.3 is 5.97 Å². The van der Waals surface area contributed by atoms with E-state index >= 15 is 0 Å². The van der Waals surface area contributed by atoms with Crippen LogP contribution in [-0.4, -0.2) is 78.7 Å². The van der Waals surface area contributed by atoms with Crippen LogP contribution in [0.15, 0.2) is 17.0 Å². The minimum Gasteiger partial charge on any atom is -0.464 e. The molecule has 0 spiro atoms. The second kappa shape index (κ2) is 10.1. The fourth-order valence-corrected chi connectivity index (χ4v) is 4.30. The van der Waals surface area contributed by atoms with Gasteiger partial charge in [-0.25, -0.2) is 4.79 Å². The molecule has 0 radical (unpaired) electrons. The molecule has 32 heavy (non-hydrogen) atoms. The van der Waals surface area contributed by atoms with Crippen molar-refractivity contribution in [3.8, 4) is 0 Å². The summed E-state index contributed by atoms with van der Waals surface area (Å²) in [5.41, 5.74) is 2.82. The SMILES string of the molecule is CNC1CC[N+](CC(=O)Cc2nocc2C)(CC(=O)Nc2c(C)c[nH]c2C(=O)OC)CC1. The Morgan fingerprint density at radius 3 is 2.53 bits per heavy atom. The molecule has 0 atom stereocenters. The number of carbonyl (C=O) groups excluding carboxylic acids is 3. The van der Waals surface area contributed by atoms with Crippen molar-refractivity contribution in [3.63, 3.8) is 0 Å². The fourth-order valence-electron chi connectivity index (χ4n) is 4.30. The maximum Gasteiger partial charge on any atom is 0.356 e. The van der Waals surface area contributed by atoms with Crippen molar-refractivity contribution < 1.29 is 28.1 Å². The molecule has 2 aromatic heterocycles. The summed E-state index contributed by atoms with van der Waals surface area (Å²) in [5.74, 6) is -0.776. The Balaban J connectivity index is 1.74. The number of esters is 1. The highest BCUT2D eigenvalue weighted by molar-refractivity contribution is 6.01. The van der Waals surface area contributed by atoms with Crippen molar-refractivity contribution in [1.29, 1.82) is 0 Å². The zero-order valence-corrected chi connectivity index (χ0v) is 19.1. The number of piperidine rings is 1. The average molecular weight is 447 g/mol. The number of hydrogen-bond acceptors (Lipinski definition) is 7. The molecule has 1 fully saturated rings. The number of nitrogens with one attached hydrogen (secondary N) is 3. The summed E-state index contributed by atoms with van der Waals surface area (Å²) < 4.78 is 10.1. The molecular weight excluding hydrogens is 414 g/mol. The van der Waals surface area contributed by atoms with Crippen molar-refractivity contribution in [3.05, 3.63) is 35.0 Å². The number of ketones is 1. The van der Waals surface area contributed by atoms with Crippen LogP contribution in [0.5, 0.6) is 0 Å². The highest BCUT2D eigenvalue weighted by atomic mass is 16.5. The number of aryl methyl sites for hydroxylation is 2. The molecule has 3 N–H and O–H groups in total. The number of anilines is 1. The number of carbonyl (C=O) groups is 3. The molecular formula is C22H32N5O5+. The van der Waals surface area contributed by atoms with Gasteiger partial charge in [0.15, 0.2) is 12.3 Å². The number of aromatic amines is 1. The summed E-state index contributed by atoms with van der Waals surface area (Å²) in [6.07, 6.45) is 5.10. The van der Waals surface area contributed by atoms with E-state index in [2.05, 4.69) is 20.8 Å². The van der Waals surface area contributed by atoms with Crippen LogP contribution in [0.2, 0.25) is 0 Å². The van der Waals surface area contributed by atoms with E-state index in [1.54, 1.807) is 13.1 Å². The van der Waals surface area contributed by atoms with Gasteiger partial charge in [-0.1, -0.05) is 5.16 Å². The Kier molecular flexibility index (Phi) is 7.47. The van der Waals surface area contributed by atoms with Gasteiger partial charge in [-0.05, 0) is 26.5 Å². The van der Waals surface area contributed by atoms with Crippen molar-refractivity contribution >= 4 is 23.3 Å². The molecule has 3 heterocycles. The molecule has 1 saturated heterocycles. The van der Waals surface area contributed by atoms with Crippen molar-refractivity contribution in [2.45, 2.75) is 39.2 Å². The molecule has 0 aromatic carbocycles. The molecule has 10 nitrogen and oxygen atoms in total.